The molecule has 1 fully saturated rings. The SMILES string of the molecule is CC(C)CC(N)CC1CCCCO1. The molecule has 78 valence electrons. The van der Waals surface area contributed by atoms with Crippen LogP contribution in [0.4, 0.5) is 0 Å². The lowest BCUT2D eigenvalue weighted by Gasteiger charge is -2.25. The summed E-state index contributed by atoms with van der Waals surface area (Å²) in [5, 5.41) is 0. The standard InChI is InChI=1S/C11H23NO/c1-9(2)7-10(12)8-11-5-3-4-6-13-11/h9-11H,3-8,12H2,1-2H3. The van der Waals surface area contributed by atoms with Crippen LogP contribution in [0.1, 0.15) is 46.0 Å². The van der Waals surface area contributed by atoms with E-state index in [1.54, 1.807) is 0 Å². The zero-order valence-electron chi connectivity index (χ0n) is 8.96. The van der Waals surface area contributed by atoms with Crippen molar-refractivity contribution in [3.05, 3.63) is 0 Å². The third-order valence-electron chi connectivity index (χ3n) is 2.61. The van der Waals surface area contributed by atoms with E-state index in [9.17, 15) is 0 Å². The molecule has 2 N–H and O–H groups in total. The van der Waals surface area contributed by atoms with Crippen LogP contribution in [-0.2, 0) is 4.74 Å². The van der Waals surface area contributed by atoms with Crippen LogP contribution in [0.3, 0.4) is 0 Å². The third-order valence-corrected chi connectivity index (χ3v) is 2.61. The van der Waals surface area contributed by atoms with Gasteiger partial charge in [-0.05, 0) is 38.0 Å². The third kappa shape index (κ3) is 4.63. The first-order chi connectivity index (χ1) is 6.18. The largest absolute Gasteiger partial charge is 0.378 e. The number of hydrogen-bond donors (Lipinski definition) is 1. The Bertz CT molecular complexity index is 130. The molecule has 0 aliphatic carbocycles. The molecule has 0 radical (unpaired) electrons. The lowest BCUT2D eigenvalue weighted by Crippen LogP contribution is -2.30. The van der Waals surface area contributed by atoms with Gasteiger partial charge in [-0.25, -0.2) is 0 Å². The Kier molecular flexibility index (Phi) is 4.74. The van der Waals surface area contributed by atoms with Crippen LogP contribution >= 0.6 is 0 Å². The molecule has 0 aromatic heterocycles. The Hall–Kier alpha value is -0.0800. The summed E-state index contributed by atoms with van der Waals surface area (Å²) >= 11 is 0. The maximum atomic E-state index is 6.03. The van der Waals surface area contributed by atoms with E-state index in [0.29, 0.717) is 18.1 Å². The fourth-order valence-electron chi connectivity index (χ4n) is 2.03. The molecule has 2 nitrogen and oxygen atoms in total. The lowest BCUT2D eigenvalue weighted by atomic mass is 9.96. The summed E-state index contributed by atoms with van der Waals surface area (Å²) in [6.07, 6.45) is 6.39. The normalized spacial score (nSPS) is 26.3. The minimum Gasteiger partial charge on any atom is -0.378 e. The maximum absolute atomic E-state index is 6.03. The molecule has 0 amide bonds. The highest BCUT2D eigenvalue weighted by atomic mass is 16.5. The first-order valence-corrected chi connectivity index (χ1v) is 5.55. The Morgan fingerprint density at radius 1 is 1.38 bits per heavy atom. The van der Waals surface area contributed by atoms with Gasteiger partial charge in [-0.3, -0.25) is 0 Å². The molecule has 0 spiro atoms. The van der Waals surface area contributed by atoms with Gasteiger partial charge in [0.2, 0.25) is 0 Å². The van der Waals surface area contributed by atoms with Gasteiger partial charge in [0.25, 0.3) is 0 Å². The van der Waals surface area contributed by atoms with Gasteiger partial charge in [0.05, 0.1) is 6.10 Å². The van der Waals surface area contributed by atoms with Crippen LogP contribution in [0.5, 0.6) is 0 Å². The minimum absolute atomic E-state index is 0.336. The molecule has 13 heavy (non-hydrogen) atoms. The zero-order valence-corrected chi connectivity index (χ0v) is 8.96. The van der Waals surface area contributed by atoms with Gasteiger partial charge in [0.1, 0.15) is 0 Å². The van der Waals surface area contributed by atoms with E-state index in [0.717, 1.165) is 19.4 Å². The maximum Gasteiger partial charge on any atom is 0.0589 e. The molecular formula is C11H23NO. The smallest absolute Gasteiger partial charge is 0.0589 e. The first-order valence-electron chi connectivity index (χ1n) is 5.55. The van der Waals surface area contributed by atoms with Crippen molar-refractivity contribution in [2.45, 2.75) is 58.1 Å². The van der Waals surface area contributed by atoms with Crippen LogP contribution in [0.25, 0.3) is 0 Å². The van der Waals surface area contributed by atoms with Crippen LogP contribution in [-0.4, -0.2) is 18.8 Å². The second-order valence-electron chi connectivity index (χ2n) is 4.61. The summed E-state index contributed by atoms with van der Waals surface area (Å²) in [7, 11) is 0. The predicted octanol–water partition coefficient (Wildman–Crippen LogP) is 2.32. The van der Waals surface area contributed by atoms with E-state index in [2.05, 4.69) is 13.8 Å². The quantitative estimate of drug-likeness (QED) is 0.729. The van der Waals surface area contributed by atoms with Gasteiger partial charge in [-0.1, -0.05) is 13.8 Å². The first kappa shape index (κ1) is 11.0. The van der Waals surface area contributed by atoms with Gasteiger partial charge < -0.3 is 10.5 Å². The lowest BCUT2D eigenvalue weighted by molar-refractivity contribution is 0.00644. The number of ether oxygens (including phenoxy) is 1. The predicted molar refractivity (Wildman–Crippen MR) is 55.6 cm³/mol. The molecule has 0 aromatic carbocycles. The van der Waals surface area contributed by atoms with Crippen molar-refractivity contribution < 1.29 is 4.74 Å². The summed E-state index contributed by atoms with van der Waals surface area (Å²) < 4.78 is 5.65. The Labute approximate surface area is 81.8 Å². The molecule has 1 heterocycles. The fraction of sp³-hybridized carbons (Fsp3) is 1.00. The van der Waals surface area contributed by atoms with Crippen molar-refractivity contribution in [2.75, 3.05) is 6.61 Å². The Morgan fingerprint density at radius 3 is 2.69 bits per heavy atom. The van der Waals surface area contributed by atoms with Crippen LogP contribution in [0.2, 0.25) is 0 Å². The molecule has 0 saturated carbocycles. The average Bonchev–Trinajstić information content (AvgIpc) is 2.04. The van der Waals surface area contributed by atoms with Crippen molar-refractivity contribution in [1.82, 2.24) is 0 Å². The van der Waals surface area contributed by atoms with Crippen molar-refractivity contribution in [3.63, 3.8) is 0 Å². The second kappa shape index (κ2) is 5.61. The minimum atomic E-state index is 0.336. The van der Waals surface area contributed by atoms with E-state index in [1.165, 1.54) is 19.3 Å². The molecule has 1 saturated heterocycles. The monoisotopic (exact) mass is 185 g/mol. The van der Waals surface area contributed by atoms with Crippen molar-refractivity contribution in [2.24, 2.45) is 11.7 Å². The molecule has 2 heteroatoms. The molecule has 1 aliphatic rings. The second-order valence-corrected chi connectivity index (χ2v) is 4.61. The van der Waals surface area contributed by atoms with Crippen LogP contribution in [0, 0.1) is 5.92 Å². The number of hydrogen-bond acceptors (Lipinski definition) is 2. The molecular weight excluding hydrogens is 162 g/mol. The van der Waals surface area contributed by atoms with Gasteiger partial charge in [-0.2, -0.15) is 0 Å². The summed E-state index contributed by atoms with van der Waals surface area (Å²) in [6.45, 7) is 5.39. The summed E-state index contributed by atoms with van der Waals surface area (Å²) in [5.41, 5.74) is 6.03. The van der Waals surface area contributed by atoms with Crippen molar-refractivity contribution in [1.29, 1.82) is 0 Å². The average molecular weight is 185 g/mol. The number of nitrogens with two attached hydrogens (primary N) is 1. The molecule has 1 aliphatic heterocycles. The van der Waals surface area contributed by atoms with Crippen LogP contribution < -0.4 is 5.73 Å². The highest BCUT2D eigenvalue weighted by Crippen LogP contribution is 2.18. The topological polar surface area (TPSA) is 35.2 Å². The van der Waals surface area contributed by atoms with Crippen molar-refractivity contribution in [3.8, 4) is 0 Å². The van der Waals surface area contributed by atoms with Gasteiger partial charge in [0.15, 0.2) is 0 Å². The molecule has 0 bridgehead atoms. The Balaban J connectivity index is 2.14. The summed E-state index contributed by atoms with van der Waals surface area (Å²) in [4.78, 5) is 0. The summed E-state index contributed by atoms with van der Waals surface area (Å²) in [5.74, 6) is 0.707. The Morgan fingerprint density at radius 2 is 2.15 bits per heavy atom. The van der Waals surface area contributed by atoms with E-state index < -0.39 is 0 Å². The van der Waals surface area contributed by atoms with E-state index in [-0.39, 0.29) is 0 Å². The molecule has 2 atom stereocenters. The molecule has 0 aromatic rings. The molecule has 1 rings (SSSR count). The highest BCUT2D eigenvalue weighted by Gasteiger charge is 2.17. The van der Waals surface area contributed by atoms with Crippen LogP contribution in [0.15, 0.2) is 0 Å². The van der Waals surface area contributed by atoms with E-state index >= 15 is 0 Å². The zero-order chi connectivity index (χ0) is 9.68. The summed E-state index contributed by atoms with van der Waals surface area (Å²) in [6, 6.07) is 0.336. The van der Waals surface area contributed by atoms with E-state index in [4.69, 9.17) is 10.5 Å². The molecule has 2 unspecified atom stereocenters. The van der Waals surface area contributed by atoms with Gasteiger partial charge in [-0.15, -0.1) is 0 Å². The fourth-order valence-corrected chi connectivity index (χ4v) is 2.03. The van der Waals surface area contributed by atoms with Gasteiger partial charge >= 0.3 is 0 Å². The van der Waals surface area contributed by atoms with Crippen molar-refractivity contribution >= 4 is 0 Å². The van der Waals surface area contributed by atoms with E-state index in [1.807, 2.05) is 0 Å². The van der Waals surface area contributed by atoms with Gasteiger partial charge in [0, 0.05) is 12.6 Å². The number of rotatable bonds is 4. The highest BCUT2D eigenvalue weighted by molar-refractivity contribution is 4.72.